The quantitative estimate of drug-likeness (QED) is 0.925. The minimum Gasteiger partial charge on any atom is -0.349 e. The Kier molecular flexibility index (Phi) is 3.26. The molecule has 3 atom stereocenters. The van der Waals surface area contributed by atoms with E-state index in [1.54, 1.807) is 11.0 Å². The van der Waals surface area contributed by atoms with Crippen LogP contribution in [0.25, 0.3) is 5.69 Å². The molecule has 1 aliphatic carbocycles. The van der Waals surface area contributed by atoms with Gasteiger partial charge in [-0.1, -0.05) is 19.1 Å². The molecule has 1 aliphatic rings. The number of hydrogen-bond acceptors (Lipinski definition) is 3. The van der Waals surface area contributed by atoms with Gasteiger partial charge in [-0.15, -0.1) is 0 Å². The first kappa shape index (κ1) is 12.8. The Morgan fingerprint density at radius 2 is 2.10 bits per heavy atom. The number of benzene rings is 1. The molecule has 5 nitrogen and oxygen atoms in total. The molecule has 0 aliphatic heterocycles. The molecular formula is C15H18N4O. The van der Waals surface area contributed by atoms with Crippen molar-refractivity contribution in [1.82, 2.24) is 20.1 Å². The molecule has 3 rings (SSSR count). The third-order valence-electron chi connectivity index (χ3n) is 3.88. The first-order valence-electron chi connectivity index (χ1n) is 6.90. The minimum absolute atomic E-state index is 0.0279. The van der Waals surface area contributed by atoms with E-state index in [0.29, 0.717) is 5.92 Å². The van der Waals surface area contributed by atoms with Gasteiger partial charge in [-0.25, -0.2) is 9.67 Å². The van der Waals surface area contributed by atoms with Gasteiger partial charge in [-0.05, 0) is 37.0 Å². The van der Waals surface area contributed by atoms with Gasteiger partial charge in [0, 0.05) is 5.92 Å². The van der Waals surface area contributed by atoms with Crippen LogP contribution in [0.15, 0.2) is 36.9 Å². The lowest BCUT2D eigenvalue weighted by Crippen LogP contribution is -2.28. The van der Waals surface area contributed by atoms with Gasteiger partial charge >= 0.3 is 0 Å². The number of hydrogen-bond donors (Lipinski definition) is 1. The fraction of sp³-hybridized carbons (Fsp3) is 0.400. The number of rotatable bonds is 4. The lowest BCUT2D eigenvalue weighted by molar-refractivity contribution is -0.123. The topological polar surface area (TPSA) is 59.8 Å². The molecule has 1 saturated carbocycles. The summed E-state index contributed by atoms with van der Waals surface area (Å²) in [7, 11) is 0. The highest BCUT2D eigenvalue weighted by Gasteiger charge is 2.39. The summed E-state index contributed by atoms with van der Waals surface area (Å²) >= 11 is 0. The summed E-state index contributed by atoms with van der Waals surface area (Å²) in [5, 5.41) is 7.15. The molecule has 1 amide bonds. The molecule has 0 bridgehead atoms. The van der Waals surface area contributed by atoms with E-state index in [2.05, 4.69) is 22.3 Å². The van der Waals surface area contributed by atoms with E-state index in [9.17, 15) is 4.79 Å². The predicted octanol–water partition coefficient (Wildman–Crippen LogP) is 2.10. The van der Waals surface area contributed by atoms with Crippen molar-refractivity contribution < 1.29 is 4.79 Å². The Morgan fingerprint density at radius 1 is 1.40 bits per heavy atom. The molecule has 1 N–H and O–H groups in total. The fourth-order valence-corrected chi connectivity index (χ4v) is 2.35. The molecule has 0 spiro atoms. The van der Waals surface area contributed by atoms with Gasteiger partial charge in [-0.3, -0.25) is 4.79 Å². The molecular weight excluding hydrogens is 252 g/mol. The van der Waals surface area contributed by atoms with Crippen LogP contribution in [-0.4, -0.2) is 20.7 Å². The summed E-state index contributed by atoms with van der Waals surface area (Å²) in [4.78, 5) is 15.8. The van der Waals surface area contributed by atoms with Crippen LogP contribution in [0.1, 0.15) is 31.9 Å². The van der Waals surface area contributed by atoms with Crippen LogP contribution >= 0.6 is 0 Å². The highest BCUT2D eigenvalue weighted by atomic mass is 16.2. The number of aromatic nitrogens is 3. The summed E-state index contributed by atoms with van der Waals surface area (Å²) in [6.07, 6.45) is 4.19. The number of carbonyl (C=O) groups is 1. The Balaban J connectivity index is 1.66. The second kappa shape index (κ2) is 5.07. The zero-order valence-electron chi connectivity index (χ0n) is 11.7. The van der Waals surface area contributed by atoms with Crippen molar-refractivity contribution in [3.05, 3.63) is 42.5 Å². The molecule has 0 saturated heterocycles. The van der Waals surface area contributed by atoms with E-state index in [4.69, 9.17) is 0 Å². The zero-order chi connectivity index (χ0) is 14.1. The summed E-state index contributed by atoms with van der Waals surface area (Å²) in [5.74, 6) is 0.925. The summed E-state index contributed by atoms with van der Waals surface area (Å²) in [5.41, 5.74) is 2.05. The molecule has 0 radical (unpaired) electrons. The Labute approximate surface area is 118 Å². The molecule has 1 aromatic carbocycles. The third kappa shape index (κ3) is 2.57. The third-order valence-corrected chi connectivity index (χ3v) is 3.88. The average molecular weight is 270 g/mol. The number of nitrogens with one attached hydrogen (secondary N) is 1. The van der Waals surface area contributed by atoms with E-state index >= 15 is 0 Å². The van der Waals surface area contributed by atoms with Crippen molar-refractivity contribution in [2.45, 2.75) is 26.3 Å². The molecule has 1 heterocycles. The molecule has 5 heteroatoms. The largest absolute Gasteiger partial charge is 0.349 e. The van der Waals surface area contributed by atoms with Gasteiger partial charge in [0.1, 0.15) is 12.7 Å². The van der Waals surface area contributed by atoms with Crippen LogP contribution < -0.4 is 5.32 Å². The maximum Gasteiger partial charge on any atom is 0.223 e. The van der Waals surface area contributed by atoms with Crippen LogP contribution in [0.4, 0.5) is 0 Å². The smallest absolute Gasteiger partial charge is 0.223 e. The van der Waals surface area contributed by atoms with Crippen LogP contribution in [0, 0.1) is 11.8 Å². The predicted molar refractivity (Wildman–Crippen MR) is 75.2 cm³/mol. The Morgan fingerprint density at radius 3 is 2.65 bits per heavy atom. The average Bonchev–Trinajstić information content (AvgIpc) is 2.97. The molecule has 2 aromatic rings. The van der Waals surface area contributed by atoms with Gasteiger partial charge in [0.15, 0.2) is 0 Å². The number of nitrogens with zero attached hydrogens (tertiary/aromatic N) is 3. The molecule has 1 aromatic heterocycles. The SMILES string of the molecule is C[C@H](NC(=O)[C@H]1C[C@H]1C)c1ccc(-n2cncn2)cc1. The number of amides is 1. The monoisotopic (exact) mass is 270 g/mol. The standard InChI is InChI=1S/C15H18N4O/c1-10-7-14(10)15(20)18-11(2)12-3-5-13(6-4-12)19-9-16-8-17-19/h3-6,8-11,14H,7H2,1-2H3,(H,18,20)/t10-,11+,14+/m1/s1. The normalized spacial score (nSPS) is 22.3. The van der Waals surface area contributed by atoms with E-state index in [-0.39, 0.29) is 17.9 Å². The fourth-order valence-electron chi connectivity index (χ4n) is 2.35. The van der Waals surface area contributed by atoms with Crippen molar-refractivity contribution >= 4 is 5.91 Å². The van der Waals surface area contributed by atoms with E-state index in [1.807, 2.05) is 31.2 Å². The highest BCUT2D eigenvalue weighted by Crippen LogP contribution is 2.38. The second-order valence-electron chi connectivity index (χ2n) is 5.48. The summed E-state index contributed by atoms with van der Waals surface area (Å²) in [6.45, 7) is 4.12. The van der Waals surface area contributed by atoms with E-state index in [1.165, 1.54) is 6.33 Å². The summed E-state index contributed by atoms with van der Waals surface area (Å²) < 4.78 is 1.71. The van der Waals surface area contributed by atoms with Gasteiger partial charge < -0.3 is 5.32 Å². The molecule has 20 heavy (non-hydrogen) atoms. The van der Waals surface area contributed by atoms with Crippen molar-refractivity contribution in [2.24, 2.45) is 11.8 Å². The molecule has 0 unspecified atom stereocenters. The zero-order valence-corrected chi connectivity index (χ0v) is 11.7. The lowest BCUT2D eigenvalue weighted by atomic mass is 10.1. The van der Waals surface area contributed by atoms with Crippen molar-refractivity contribution in [3.63, 3.8) is 0 Å². The van der Waals surface area contributed by atoms with Gasteiger partial charge in [-0.2, -0.15) is 5.10 Å². The van der Waals surface area contributed by atoms with Crippen LogP contribution in [0.3, 0.4) is 0 Å². The Bertz CT molecular complexity index is 591. The van der Waals surface area contributed by atoms with E-state index in [0.717, 1.165) is 17.7 Å². The first-order valence-corrected chi connectivity index (χ1v) is 6.90. The molecule has 104 valence electrons. The van der Waals surface area contributed by atoms with Crippen LogP contribution in [0.5, 0.6) is 0 Å². The molecule has 1 fully saturated rings. The van der Waals surface area contributed by atoms with E-state index < -0.39 is 0 Å². The van der Waals surface area contributed by atoms with Gasteiger partial charge in [0.2, 0.25) is 5.91 Å². The van der Waals surface area contributed by atoms with Gasteiger partial charge in [0.25, 0.3) is 0 Å². The van der Waals surface area contributed by atoms with Crippen molar-refractivity contribution in [1.29, 1.82) is 0 Å². The first-order chi connectivity index (χ1) is 9.65. The Hall–Kier alpha value is -2.17. The maximum atomic E-state index is 11.9. The minimum atomic E-state index is 0.0279. The maximum absolute atomic E-state index is 11.9. The van der Waals surface area contributed by atoms with Gasteiger partial charge in [0.05, 0.1) is 11.7 Å². The number of carbonyl (C=O) groups excluding carboxylic acids is 1. The highest BCUT2D eigenvalue weighted by molar-refractivity contribution is 5.81. The second-order valence-corrected chi connectivity index (χ2v) is 5.48. The summed E-state index contributed by atoms with van der Waals surface area (Å²) in [6, 6.07) is 8.01. The lowest BCUT2D eigenvalue weighted by Gasteiger charge is -2.14. The van der Waals surface area contributed by atoms with Crippen molar-refractivity contribution in [3.8, 4) is 5.69 Å². The van der Waals surface area contributed by atoms with Crippen LogP contribution in [0.2, 0.25) is 0 Å². The van der Waals surface area contributed by atoms with Crippen LogP contribution in [-0.2, 0) is 4.79 Å². The van der Waals surface area contributed by atoms with Crippen molar-refractivity contribution in [2.75, 3.05) is 0 Å².